The van der Waals surface area contributed by atoms with Crippen LogP contribution in [-0.2, 0) is 0 Å². The van der Waals surface area contributed by atoms with Crippen molar-refractivity contribution in [3.05, 3.63) is 0 Å². The number of hydrogen-bond acceptors (Lipinski definition) is 3. The van der Waals surface area contributed by atoms with Gasteiger partial charge in [-0.25, -0.2) is 0 Å². The Morgan fingerprint density at radius 2 is 1.94 bits per heavy atom. The van der Waals surface area contributed by atoms with E-state index in [1.165, 1.54) is 52.0 Å². The quantitative estimate of drug-likeness (QED) is 0.806. The van der Waals surface area contributed by atoms with Crippen LogP contribution in [0.3, 0.4) is 0 Å². The summed E-state index contributed by atoms with van der Waals surface area (Å²) < 4.78 is 0. The molecule has 106 valence electrons. The molecule has 0 amide bonds. The van der Waals surface area contributed by atoms with E-state index < -0.39 is 0 Å². The van der Waals surface area contributed by atoms with Gasteiger partial charge in [0.1, 0.15) is 0 Å². The van der Waals surface area contributed by atoms with Crippen LogP contribution in [0, 0.1) is 5.92 Å². The number of fused-ring (bicyclic) bond motifs is 1. The van der Waals surface area contributed by atoms with E-state index >= 15 is 0 Å². The van der Waals surface area contributed by atoms with Gasteiger partial charge in [0, 0.05) is 25.2 Å². The summed E-state index contributed by atoms with van der Waals surface area (Å²) in [5.41, 5.74) is 0. The van der Waals surface area contributed by atoms with Crippen molar-refractivity contribution in [2.24, 2.45) is 5.92 Å². The molecule has 2 fully saturated rings. The smallest absolute Gasteiger partial charge is 0.0223 e. The lowest BCUT2D eigenvalue weighted by atomic mass is 10.0. The maximum Gasteiger partial charge on any atom is 0.0223 e. The fraction of sp³-hybridized carbons (Fsp3) is 1.00. The molecule has 2 saturated heterocycles. The van der Waals surface area contributed by atoms with E-state index in [-0.39, 0.29) is 0 Å². The summed E-state index contributed by atoms with van der Waals surface area (Å²) in [7, 11) is 0. The summed E-state index contributed by atoms with van der Waals surface area (Å²) in [6, 6.07) is 1.50. The average Bonchev–Trinajstić information content (AvgIpc) is 2.67. The van der Waals surface area contributed by atoms with Crippen molar-refractivity contribution in [1.82, 2.24) is 15.1 Å². The Labute approximate surface area is 113 Å². The van der Waals surface area contributed by atoms with Gasteiger partial charge in [0.05, 0.1) is 0 Å². The molecule has 0 saturated carbocycles. The van der Waals surface area contributed by atoms with E-state index in [0.717, 1.165) is 18.5 Å². The highest BCUT2D eigenvalue weighted by molar-refractivity contribution is 4.86. The summed E-state index contributed by atoms with van der Waals surface area (Å²) in [5, 5.41) is 3.65. The van der Waals surface area contributed by atoms with Crippen LogP contribution in [0.25, 0.3) is 0 Å². The molecule has 0 bridgehead atoms. The third kappa shape index (κ3) is 3.69. The third-order valence-corrected chi connectivity index (χ3v) is 4.61. The summed E-state index contributed by atoms with van der Waals surface area (Å²) in [5.74, 6) is 0.730. The zero-order chi connectivity index (χ0) is 13.0. The Morgan fingerprint density at radius 1 is 1.17 bits per heavy atom. The number of rotatable bonds is 5. The molecule has 3 heteroatoms. The van der Waals surface area contributed by atoms with Crippen LogP contribution in [0.4, 0.5) is 0 Å². The topological polar surface area (TPSA) is 18.5 Å². The minimum absolute atomic E-state index is 0.656. The van der Waals surface area contributed by atoms with E-state index in [0.29, 0.717) is 6.04 Å². The van der Waals surface area contributed by atoms with Crippen LogP contribution in [0.1, 0.15) is 40.0 Å². The Morgan fingerprint density at radius 3 is 2.67 bits per heavy atom. The van der Waals surface area contributed by atoms with Gasteiger partial charge in [0.15, 0.2) is 0 Å². The Kier molecular flexibility index (Phi) is 5.46. The van der Waals surface area contributed by atoms with Crippen molar-refractivity contribution in [1.29, 1.82) is 0 Å². The number of nitrogens with zero attached hydrogens (tertiary/aromatic N) is 2. The maximum absolute atomic E-state index is 3.65. The van der Waals surface area contributed by atoms with Crippen molar-refractivity contribution in [2.45, 2.75) is 52.1 Å². The second kappa shape index (κ2) is 6.88. The summed E-state index contributed by atoms with van der Waals surface area (Å²) in [6.45, 7) is 14.5. The lowest BCUT2D eigenvalue weighted by Crippen LogP contribution is -2.46. The molecule has 2 unspecified atom stereocenters. The molecule has 0 aromatic carbocycles. The first-order valence-corrected chi connectivity index (χ1v) is 7.90. The van der Waals surface area contributed by atoms with Gasteiger partial charge in [0.2, 0.25) is 0 Å². The van der Waals surface area contributed by atoms with Crippen molar-refractivity contribution in [3.8, 4) is 0 Å². The first kappa shape index (κ1) is 14.3. The molecule has 1 N–H and O–H groups in total. The van der Waals surface area contributed by atoms with E-state index in [4.69, 9.17) is 0 Å². The van der Waals surface area contributed by atoms with Crippen LogP contribution in [0.15, 0.2) is 0 Å². The minimum Gasteiger partial charge on any atom is -0.313 e. The lowest BCUT2D eigenvalue weighted by molar-refractivity contribution is 0.192. The SMILES string of the molecule is CCNC(CN1CCCN2CCCC2C1)C(C)C. The standard InChI is InChI=1S/C15H31N3/c1-4-16-15(13(2)3)12-17-8-6-10-18-9-5-7-14(18)11-17/h13-16H,4-12H2,1-3H3. The van der Waals surface area contributed by atoms with E-state index in [2.05, 4.69) is 35.9 Å². The molecule has 0 radical (unpaired) electrons. The van der Waals surface area contributed by atoms with Crippen molar-refractivity contribution in [3.63, 3.8) is 0 Å². The minimum atomic E-state index is 0.656. The van der Waals surface area contributed by atoms with Gasteiger partial charge < -0.3 is 10.2 Å². The predicted octanol–water partition coefficient (Wildman–Crippen LogP) is 1.79. The molecule has 0 aromatic heterocycles. The number of nitrogens with one attached hydrogen (secondary N) is 1. The highest BCUT2D eigenvalue weighted by Crippen LogP contribution is 2.21. The average molecular weight is 253 g/mol. The third-order valence-electron chi connectivity index (χ3n) is 4.61. The second-order valence-electron chi connectivity index (χ2n) is 6.35. The molecule has 2 heterocycles. The summed E-state index contributed by atoms with van der Waals surface area (Å²) in [6.07, 6.45) is 4.19. The molecule has 0 aromatic rings. The van der Waals surface area contributed by atoms with Gasteiger partial charge in [-0.15, -0.1) is 0 Å². The van der Waals surface area contributed by atoms with Crippen LogP contribution in [0.5, 0.6) is 0 Å². The van der Waals surface area contributed by atoms with E-state index in [9.17, 15) is 0 Å². The van der Waals surface area contributed by atoms with Crippen LogP contribution in [-0.4, -0.2) is 61.2 Å². The first-order valence-electron chi connectivity index (χ1n) is 7.90. The summed E-state index contributed by atoms with van der Waals surface area (Å²) in [4.78, 5) is 5.43. The molecule has 0 spiro atoms. The van der Waals surface area contributed by atoms with Crippen molar-refractivity contribution in [2.75, 3.05) is 39.3 Å². The molecular formula is C15H31N3. The lowest BCUT2D eigenvalue weighted by Gasteiger charge is -2.31. The maximum atomic E-state index is 3.65. The van der Waals surface area contributed by atoms with E-state index in [1.54, 1.807) is 0 Å². The Bertz CT molecular complexity index is 242. The van der Waals surface area contributed by atoms with Gasteiger partial charge in [-0.2, -0.15) is 0 Å². The normalized spacial score (nSPS) is 28.3. The second-order valence-corrected chi connectivity index (χ2v) is 6.35. The number of hydrogen-bond donors (Lipinski definition) is 1. The van der Waals surface area contributed by atoms with Gasteiger partial charge in [-0.3, -0.25) is 4.90 Å². The highest BCUT2D eigenvalue weighted by Gasteiger charge is 2.29. The van der Waals surface area contributed by atoms with Crippen molar-refractivity contribution < 1.29 is 0 Å². The molecule has 2 aliphatic rings. The Hall–Kier alpha value is -0.120. The molecule has 2 rings (SSSR count). The molecule has 18 heavy (non-hydrogen) atoms. The largest absolute Gasteiger partial charge is 0.313 e. The zero-order valence-electron chi connectivity index (χ0n) is 12.5. The van der Waals surface area contributed by atoms with Crippen LogP contribution in [0.2, 0.25) is 0 Å². The van der Waals surface area contributed by atoms with Crippen LogP contribution >= 0.6 is 0 Å². The van der Waals surface area contributed by atoms with Crippen molar-refractivity contribution >= 4 is 0 Å². The van der Waals surface area contributed by atoms with E-state index in [1.807, 2.05) is 0 Å². The summed E-state index contributed by atoms with van der Waals surface area (Å²) >= 11 is 0. The molecule has 2 aliphatic heterocycles. The zero-order valence-corrected chi connectivity index (χ0v) is 12.5. The molecule has 3 nitrogen and oxygen atoms in total. The first-order chi connectivity index (χ1) is 8.70. The Balaban J connectivity index is 1.87. The molecule has 2 atom stereocenters. The van der Waals surface area contributed by atoms with Gasteiger partial charge >= 0.3 is 0 Å². The monoisotopic (exact) mass is 253 g/mol. The van der Waals surface area contributed by atoms with Gasteiger partial charge in [-0.05, 0) is 51.4 Å². The molecule has 0 aliphatic carbocycles. The fourth-order valence-corrected chi connectivity index (χ4v) is 3.50. The molecular weight excluding hydrogens is 222 g/mol. The predicted molar refractivity (Wildman–Crippen MR) is 78.0 cm³/mol. The van der Waals surface area contributed by atoms with Crippen LogP contribution < -0.4 is 5.32 Å². The number of likely N-dealkylation sites (N-methyl/N-ethyl adjacent to an activating group) is 1. The van der Waals surface area contributed by atoms with Gasteiger partial charge in [0.25, 0.3) is 0 Å². The highest BCUT2D eigenvalue weighted by atomic mass is 15.3. The van der Waals surface area contributed by atoms with Gasteiger partial charge in [-0.1, -0.05) is 20.8 Å². The fourth-order valence-electron chi connectivity index (χ4n) is 3.50.